The fourth-order valence-electron chi connectivity index (χ4n) is 4.83. The molecule has 3 heterocycles. The van der Waals surface area contributed by atoms with Crippen molar-refractivity contribution in [1.29, 1.82) is 0 Å². The van der Waals surface area contributed by atoms with Gasteiger partial charge < -0.3 is 9.47 Å². The average molecular weight is 421 g/mol. The molecule has 5 rings (SSSR count). The molecule has 162 valence electrons. The Morgan fingerprint density at radius 3 is 2.39 bits per heavy atom. The number of nitrogens with zero attached hydrogens (tertiary/aromatic N) is 3. The van der Waals surface area contributed by atoms with E-state index in [1.165, 1.54) is 10.5 Å². The number of fused-ring (bicyclic) bond motifs is 1. The van der Waals surface area contributed by atoms with E-state index in [-0.39, 0.29) is 31.1 Å². The molecule has 3 aliphatic heterocycles. The molecular formula is C24H27N3O4. The summed E-state index contributed by atoms with van der Waals surface area (Å²) in [6.45, 7) is 8.27. The molecule has 7 nitrogen and oxygen atoms in total. The lowest BCUT2D eigenvalue weighted by atomic mass is 10.1. The quantitative estimate of drug-likeness (QED) is 0.707. The lowest BCUT2D eigenvalue weighted by Gasteiger charge is -2.37. The maximum Gasteiger partial charge on any atom is 0.251 e. The van der Waals surface area contributed by atoms with Crippen LogP contribution in [0.4, 0.5) is 5.69 Å². The minimum atomic E-state index is -0.362. The summed E-state index contributed by atoms with van der Waals surface area (Å²) in [4.78, 5) is 32.0. The molecule has 2 aromatic rings. The van der Waals surface area contributed by atoms with Gasteiger partial charge >= 0.3 is 0 Å². The van der Waals surface area contributed by atoms with Gasteiger partial charge in [0, 0.05) is 32.7 Å². The molecule has 0 unspecified atom stereocenters. The minimum absolute atomic E-state index is 0.0911. The van der Waals surface area contributed by atoms with E-state index in [1.54, 1.807) is 0 Å². The van der Waals surface area contributed by atoms with Gasteiger partial charge in [0.2, 0.25) is 12.7 Å². The van der Waals surface area contributed by atoms with Gasteiger partial charge in [-0.15, -0.1) is 0 Å². The molecule has 0 aliphatic carbocycles. The van der Waals surface area contributed by atoms with Crippen molar-refractivity contribution in [2.75, 3.05) is 37.9 Å². The van der Waals surface area contributed by atoms with Gasteiger partial charge in [-0.3, -0.25) is 19.4 Å². The standard InChI is InChI=1S/C24H27N3O4/c1-16-4-3-5-17(2)23(16)27-22(28)13-19(24(27)29)26-10-8-25(9-11-26)14-18-6-7-20-21(12-18)31-15-30-20/h3-7,12,19H,8-11,13-15H2,1-2H3/t19-/m0/s1. The average Bonchev–Trinajstić information content (AvgIpc) is 3.33. The van der Waals surface area contributed by atoms with Gasteiger partial charge in [0.05, 0.1) is 18.2 Å². The number of hydrogen-bond acceptors (Lipinski definition) is 6. The van der Waals surface area contributed by atoms with E-state index in [1.807, 2.05) is 44.2 Å². The Bertz CT molecular complexity index is 1010. The Morgan fingerprint density at radius 2 is 1.65 bits per heavy atom. The zero-order valence-electron chi connectivity index (χ0n) is 18.0. The second kappa shape index (κ2) is 7.98. The second-order valence-electron chi connectivity index (χ2n) is 8.53. The smallest absolute Gasteiger partial charge is 0.251 e. The fraction of sp³-hybridized carbons (Fsp3) is 0.417. The van der Waals surface area contributed by atoms with Gasteiger partial charge in [-0.25, -0.2) is 4.90 Å². The molecule has 3 aliphatic rings. The van der Waals surface area contributed by atoms with Crippen molar-refractivity contribution in [3.63, 3.8) is 0 Å². The van der Waals surface area contributed by atoms with E-state index < -0.39 is 0 Å². The highest BCUT2D eigenvalue weighted by Gasteiger charge is 2.44. The highest BCUT2D eigenvalue weighted by atomic mass is 16.7. The first kappa shape index (κ1) is 20.0. The number of piperazine rings is 1. The van der Waals surface area contributed by atoms with Crippen molar-refractivity contribution in [2.24, 2.45) is 0 Å². The number of anilines is 1. The number of ether oxygens (including phenoxy) is 2. The van der Waals surface area contributed by atoms with Crippen molar-refractivity contribution in [3.8, 4) is 11.5 Å². The maximum atomic E-state index is 13.2. The van der Waals surface area contributed by atoms with E-state index in [0.717, 1.165) is 61.0 Å². The summed E-state index contributed by atoms with van der Waals surface area (Å²) in [6, 6.07) is 11.6. The van der Waals surface area contributed by atoms with Gasteiger partial charge in [-0.1, -0.05) is 24.3 Å². The van der Waals surface area contributed by atoms with Gasteiger partial charge in [0.15, 0.2) is 11.5 Å². The molecule has 31 heavy (non-hydrogen) atoms. The van der Waals surface area contributed by atoms with Crippen LogP contribution < -0.4 is 14.4 Å². The second-order valence-corrected chi connectivity index (χ2v) is 8.53. The Morgan fingerprint density at radius 1 is 0.935 bits per heavy atom. The minimum Gasteiger partial charge on any atom is -0.454 e. The maximum absolute atomic E-state index is 13.2. The zero-order chi connectivity index (χ0) is 21.5. The molecule has 0 aromatic heterocycles. The Balaban J connectivity index is 1.23. The molecule has 1 atom stereocenters. The van der Waals surface area contributed by atoms with Gasteiger partial charge in [0.25, 0.3) is 5.91 Å². The molecule has 0 saturated carbocycles. The third-order valence-electron chi connectivity index (χ3n) is 6.48. The molecule has 7 heteroatoms. The Labute approximate surface area is 182 Å². The van der Waals surface area contributed by atoms with Crippen LogP contribution in [0.5, 0.6) is 11.5 Å². The molecule has 0 spiro atoms. The SMILES string of the molecule is Cc1cccc(C)c1N1C(=O)C[C@H](N2CCN(Cc3ccc4c(c3)OCO4)CC2)C1=O. The van der Waals surface area contributed by atoms with Crippen molar-refractivity contribution < 1.29 is 19.1 Å². The van der Waals surface area contributed by atoms with Crippen LogP contribution in [-0.4, -0.2) is 60.6 Å². The van der Waals surface area contributed by atoms with Crippen molar-refractivity contribution in [2.45, 2.75) is 32.9 Å². The number of carbonyl (C=O) groups is 2. The summed E-state index contributed by atoms with van der Waals surface area (Å²) >= 11 is 0. The molecule has 0 radical (unpaired) electrons. The summed E-state index contributed by atoms with van der Waals surface area (Å²) in [5, 5.41) is 0. The zero-order valence-corrected chi connectivity index (χ0v) is 18.0. The third kappa shape index (κ3) is 3.68. The van der Waals surface area contributed by atoms with Crippen molar-refractivity contribution >= 4 is 17.5 Å². The first-order chi connectivity index (χ1) is 15.0. The van der Waals surface area contributed by atoms with E-state index in [2.05, 4.69) is 15.9 Å². The van der Waals surface area contributed by atoms with Crippen LogP contribution in [0, 0.1) is 13.8 Å². The summed E-state index contributed by atoms with van der Waals surface area (Å²) in [5.41, 5.74) is 3.85. The molecule has 2 amide bonds. The van der Waals surface area contributed by atoms with Crippen LogP contribution >= 0.6 is 0 Å². The summed E-state index contributed by atoms with van der Waals surface area (Å²) in [6.07, 6.45) is 0.259. The van der Waals surface area contributed by atoms with Crippen LogP contribution in [-0.2, 0) is 16.1 Å². The molecule has 2 fully saturated rings. The number of aryl methyl sites for hydroxylation is 2. The number of benzene rings is 2. The number of amides is 2. The monoisotopic (exact) mass is 421 g/mol. The fourth-order valence-corrected chi connectivity index (χ4v) is 4.83. The third-order valence-corrected chi connectivity index (χ3v) is 6.48. The van der Waals surface area contributed by atoms with Crippen molar-refractivity contribution in [1.82, 2.24) is 9.80 Å². The van der Waals surface area contributed by atoms with E-state index in [9.17, 15) is 9.59 Å². The van der Waals surface area contributed by atoms with Crippen LogP contribution in [0.3, 0.4) is 0 Å². The lowest BCUT2D eigenvalue weighted by molar-refractivity contribution is -0.123. The molecular weight excluding hydrogens is 394 g/mol. The highest BCUT2D eigenvalue weighted by molar-refractivity contribution is 6.23. The normalized spacial score (nSPS) is 21.9. The van der Waals surface area contributed by atoms with E-state index in [0.29, 0.717) is 0 Å². The number of para-hydroxylation sites is 1. The predicted molar refractivity (Wildman–Crippen MR) is 116 cm³/mol. The summed E-state index contributed by atoms with van der Waals surface area (Å²) < 4.78 is 10.9. The Hall–Kier alpha value is -2.90. The molecule has 2 aromatic carbocycles. The summed E-state index contributed by atoms with van der Waals surface area (Å²) in [7, 11) is 0. The first-order valence-electron chi connectivity index (χ1n) is 10.8. The van der Waals surface area contributed by atoms with Crippen molar-refractivity contribution in [3.05, 3.63) is 53.1 Å². The molecule has 2 saturated heterocycles. The first-order valence-corrected chi connectivity index (χ1v) is 10.8. The van der Waals surface area contributed by atoms with Crippen LogP contribution in [0.2, 0.25) is 0 Å². The number of imide groups is 1. The van der Waals surface area contributed by atoms with E-state index >= 15 is 0 Å². The number of rotatable bonds is 4. The predicted octanol–water partition coefficient (Wildman–Crippen LogP) is 2.48. The Kier molecular flexibility index (Phi) is 5.16. The topological polar surface area (TPSA) is 62.3 Å². The number of carbonyl (C=O) groups excluding carboxylic acids is 2. The lowest BCUT2D eigenvalue weighted by Crippen LogP contribution is -2.52. The summed E-state index contributed by atoms with van der Waals surface area (Å²) in [5.74, 6) is 1.41. The largest absolute Gasteiger partial charge is 0.454 e. The van der Waals surface area contributed by atoms with Gasteiger partial charge in [0.1, 0.15) is 0 Å². The van der Waals surface area contributed by atoms with Gasteiger partial charge in [-0.2, -0.15) is 0 Å². The molecule has 0 bridgehead atoms. The highest BCUT2D eigenvalue weighted by Crippen LogP contribution is 2.34. The van der Waals surface area contributed by atoms with Crippen LogP contribution in [0.1, 0.15) is 23.1 Å². The molecule has 0 N–H and O–H groups in total. The van der Waals surface area contributed by atoms with Crippen LogP contribution in [0.15, 0.2) is 36.4 Å². The number of hydrogen-bond donors (Lipinski definition) is 0. The van der Waals surface area contributed by atoms with Crippen LogP contribution in [0.25, 0.3) is 0 Å². The van der Waals surface area contributed by atoms with Gasteiger partial charge in [-0.05, 0) is 42.7 Å². The van der Waals surface area contributed by atoms with E-state index in [4.69, 9.17) is 9.47 Å².